The van der Waals surface area contributed by atoms with Crippen LogP contribution in [0.3, 0.4) is 0 Å². The monoisotopic (exact) mass is 300 g/mol. The Hall–Kier alpha value is 2.15. The smallest absolute Gasteiger partial charge is 1.00 e. The van der Waals surface area contributed by atoms with Crippen LogP contribution in [0.15, 0.2) is 0 Å². The molecule has 0 aliphatic carbocycles. The third-order valence-corrected chi connectivity index (χ3v) is 0. The van der Waals surface area contributed by atoms with Gasteiger partial charge in [-0.15, -0.1) is 0 Å². The zero-order valence-corrected chi connectivity index (χ0v) is 8.95. The molecule has 5 heavy (non-hydrogen) atoms. The van der Waals surface area contributed by atoms with Gasteiger partial charge in [-0.05, 0) is 0 Å². The van der Waals surface area contributed by atoms with E-state index >= 15 is 0 Å². The molecule has 0 bridgehead atoms. The summed E-state index contributed by atoms with van der Waals surface area (Å²) in [5.41, 5.74) is 0. The molecule has 0 aliphatic heterocycles. The van der Waals surface area contributed by atoms with Crippen LogP contribution >= 0.6 is 0 Å². The number of hydrogen-bond donors (Lipinski definition) is 0. The summed E-state index contributed by atoms with van der Waals surface area (Å²) >= 11 is 0. The number of hydrogen-bond acceptors (Lipinski definition) is 0. The number of halogens is 3. The van der Waals surface area contributed by atoms with E-state index in [0.29, 0.717) is 0 Å². The second-order valence-electron chi connectivity index (χ2n) is 0. The van der Waals surface area contributed by atoms with Crippen molar-refractivity contribution in [2.24, 2.45) is 0 Å². The van der Waals surface area contributed by atoms with Crippen molar-refractivity contribution in [2.45, 2.75) is 0 Å². The molecule has 0 heterocycles. The summed E-state index contributed by atoms with van der Waals surface area (Å²) in [6.07, 6.45) is 0. The van der Waals surface area contributed by atoms with Crippen molar-refractivity contribution in [1.29, 1.82) is 0 Å². The van der Waals surface area contributed by atoms with Crippen molar-refractivity contribution in [3.63, 3.8) is 0 Å². The minimum atomic E-state index is 0. The molecular weight excluding hydrogens is 300 g/mol. The molecule has 0 unspecified atom stereocenters. The fourth-order valence-corrected chi connectivity index (χ4v) is 0. The summed E-state index contributed by atoms with van der Waals surface area (Å²) < 4.78 is 0. The Balaban J connectivity index is 0. The molecule has 0 fully saturated rings. The van der Waals surface area contributed by atoms with Gasteiger partial charge in [0.05, 0.1) is 0 Å². The molecule has 0 saturated carbocycles. The molecule has 0 aromatic rings. The second kappa shape index (κ2) is 35.2. The van der Waals surface area contributed by atoms with E-state index in [4.69, 9.17) is 0 Å². The summed E-state index contributed by atoms with van der Waals surface area (Å²) in [5, 5.41) is 0. The van der Waals surface area contributed by atoms with Gasteiger partial charge in [0.1, 0.15) is 0 Å². The van der Waals surface area contributed by atoms with Crippen LogP contribution in [-0.2, 0) is 21.7 Å². The van der Waals surface area contributed by atoms with Crippen LogP contribution in [0.5, 0.6) is 0 Å². The third-order valence-electron chi connectivity index (χ3n) is 0. The molecule has 0 aromatic carbocycles. The maximum absolute atomic E-state index is 0. The van der Waals surface area contributed by atoms with Crippen molar-refractivity contribution in [1.82, 2.24) is 0 Å². The van der Waals surface area contributed by atoms with Crippen molar-refractivity contribution >= 4 is 0 Å². The standard InChI is InChI=1S/CH3.3BrH.Ti/h1H3;3*1H;/q-1;;;;+4/p-3. The minimum Gasteiger partial charge on any atom is -1.00 e. The first-order valence-electron chi connectivity index (χ1n) is 0. The Labute approximate surface area is 79.3 Å². The van der Waals surface area contributed by atoms with Crippen LogP contribution in [0, 0.1) is 7.43 Å². The van der Waals surface area contributed by atoms with Gasteiger partial charge in [0, 0.05) is 0 Å². The van der Waals surface area contributed by atoms with E-state index in [1.165, 1.54) is 0 Å². The van der Waals surface area contributed by atoms with Gasteiger partial charge in [0.25, 0.3) is 0 Å². The molecule has 32 valence electrons. The zero-order chi connectivity index (χ0) is 0. The molecule has 0 nitrogen and oxygen atoms in total. The molecule has 0 N–H and O–H groups in total. The zero-order valence-electron chi connectivity index (χ0n) is 2.63. The van der Waals surface area contributed by atoms with E-state index in [2.05, 4.69) is 0 Å². The van der Waals surface area contributed by atoms with Gasteiger partial charge in [-0.1, -0.05) is 0 Å². The first kappa shape index (κ1) is 58.4. The van der Waals surface area contributed by atoms with E-state index < -0.39 is 0 Å². The summed E-state index contributed by atoms with van der Waals surface area (Å²) in [5.74, 6) is 0. The van der Waals surface area contributed by atoms with Gasteiger partial charge in [0.15, 0.2) is 0 Å². The first-order valence-corrected chi connectivity index (χ1v) is 0. The fourth-order valence-electron chi connectivity index (χ4n) is 0. The molecular formula is CH3Br3Ti. The first-order chi connectivity index (χ1) is 0. The van der Waals surface area contributed by atoms with Crippen LogP contribution < -0.4 is 50.9 Å². The van der Waals surface area contributed by atoms with Gasteiger partial charge in [-0.2, -0.15) is 0 Å². The maximum atomic E-state index is 0. The predicted molar refractivity (Wildman–Crippen MR) is 6.41 cm³/mol. The third kappa shape index (κ3) is 22.9. The van der Waals surface area contributed by atoms with Crippen molar-refractivity contribution in [3.05, 3.63) is 7.43 Å². The Morgan fingerprint density at radius 2 is 0.600 bits per heavy atom. The summed E-state index contributed by atoms with van der Waals surface area (Å²) in [6, 6.07) is 0. The molecule has 0 radical (unpaired) electrons. The van der Waals surface area contributed by atoms with Gasteiger partial charge in [0.2, 0.25) is 0 Å². The molecule has 0 aliphatic rings. The second-order valence-corrected chi connectivity index (χ2v) is 0. The molecule has 0 amide bonds. The summed E-state index contributed by atoms with van der Waals surface area (Å²) in [6.45, 7) is 0. The minimum absolute atomic E-state index is 0. The average Bonchev–Trinajstić information content (AvgIpc) is 0. The normalized spacial score (nSPS) is 0. The van der Waals surface area contributed by atoms with Crippen LogP contribution in [0.1, 0.15) is 0 Å². The molecule has 4 heteroatoms. The van der Waals surface area contributed by atoms with E-state index in [-0.39, 0.29) is 80.1 Å². The molecule has 0 saturated heterocycles. The van der Waals surface area contributed by atoms with Crippen LogP contribution in [-0.4, -0.2) is 0 Å². The van der Waals surface area contributed by atoms with Crippen molar-refractivity contribution in [3.8, 4) is 0 Å². The Morgan fingerprint density at radius 1 is 0.600 bits per heavy atom. The molecule has 0 aromatic heterocycles. The van der Waals surface area contributed by atoms with Gasteiger partial charge in [-0.3, -0.25) is 0 Å². The average molecular weight is 303 g/mol. The predicted octanol–water partition coefficient (Wildman–Crippen LogP) is -8.54. The van der Waals surface area contributed by atoms with Gasteiger partial charge in [-0.25, -0.2) is 0 Å². The van der Waals surface area contributed by atoms with Crippen molar-refractivity contribution < 1.29 is 72.7 Å². The number of rotatable bonds is 0. The molecule has 0 atom stereocenters. The fraction of sp³-hybridized carbons (Fsp3) is 0. The van der Waals surface area contributed by atoms with E-state index in [1.807, 2.05) is 0 Å². The van der Waals surface area contributed by atoms with Gasteiger partial charge >= 0.3 is 21.7 Å². The SMILES string of the molecule is [Br-].[Br-].[Br-].[CH3-].[Ti+4]. The summed E-state index contributed by atoms with van der Waals surface area (Å²) in [7, 11) is 0. The maximum Gasteiger partial charge on any atom is 4.00 e. The van der Waals surface area contributed by atoms with Crippen LogP contribution in [0.2, 0.25) is 0 Å². The van der Waals surface area contributed by atoms with E-state index in [9.17, 15) is 0 Å². The van der Waals surface area contributed by atoms with Gasteiger partial charge < -0.3 is 58.4 Å². The quantitative estimate of drug-likeness (QED) is 0.308. The molecule has 0 rings (SSSR count). The van der Waals surface area contributed by atoms with Crippen molar-refractivity contribution in [2.75, 3.05) is 0 Å². The Morgan fingerprint density at radius 3 is 0.600 bits per heavy atom. The topological polar surface area (TPSA) is 0 Å². The Bertz CT molecular complexity index is 6.85. The molecule has 0 spiro atoms. The largest absolute Gasteiger partial charge is 4.00 e. The van der Waals surface area contributed by atoms with E-state index in [1.54, 1.807) is 0 Å². The van der Waals surface area contributed by atoms with Crippen LogP contribution in [0.4, 0.5) is 0 Å². The summed E-state index contributed by atoms with van der Waals surface area (Å²) in [4.78, 5) is 0. The Kier molecular flexibility index (Phi) is 411. The van der Waals surface area contributed by atoms with Crippen LogP contribution in [0.25, 0.3) is 0 Å². The van der Waals surface area contributed by atoms with E-state index in [0.717, 1.165) is 0 Å².